The minimum absolute atomic E-state index is 0.120. The van der Waals surface area contributed by atoms with Crippen molar-refractivity contribution in [1.82, 2.24) is 0 Å². The fourth-order valence-electron chi connectivity index (χ4n) is 2.30. The van der Waals surface area contributed by atoms with Crippen LogP contribution in [0, 0.1) is 0 Å². The number of phenols is 1. The zero-order chi connectivity index (χ0) is 17.5. The second-order valence-corrected chi connectivity index (χ2v) is 5.34. The van der Waals surface area contributed by atoms with Crippen molar-refractivity contribution in [1.29, 1.82) is 0 Å². The molecular formula is C21H18N2O2. The van der Waals surface area contributed by atoms with Gasteiger partial charge in [0, 0.05) is 23.6 Å². The summed E-state index contributed by atoms with van der Waals surface area (Å²) in [6, 6.07) is 22.5. The molecule has 0 saturated heterocycles. The lowest BCUT2D eigenvalue weighted by Gasteiger charge is -2.08. The molecule has 0 amide bonds. The molecule has 0 bridgehead atoms. The molecule has 0 aliphatic heterocycles. The van der Waals surface area contributed by atoms with E-state index in [1.807, 2.05) is 60.7 Å². The van der Waals surface area contributed by atoms with Gasteiger partial charge in [0.15, 0.2) is 0 Å². The number of benzene rings is 3. The van der Waals surface area contributed by atoms with Crippen LogP contribution in [0.5, 0.6) is 11.5 Å². The summed E-state index contributed by atoms with van der Waals surface area (Å²) in [7, 11) is 1.59. The molecule has 4 nitrogen and oxygen atoms in total. The van der Waals surface area contributed by atoms with Gasteiger partial charge >= 0.3 is 0 Å². The van der Waals surface area contributed by atoms with E-state index in [0.29, 0.717) is 16.9 Å². The molecule has 124 valence electrons. The lowest BCUT2D eigenvalue weighted by atomic mass is 10.1. The number of hydrogen-bond donors (Lipinski definition) is 1. The number of para-hydroxylation sites is 2. The number of hydrogen-bond acceptors (Lipinski definition) is 4. The molecule has 3 rings (SSSR count). The van der Waals surface area contributed by atoms with E-state index >= 15 is 0 Å². The first kappa shape index (κ1) is 16.5. The van der Waals surface area contributed by atoms with Gasteiger partial charge in [0.05, 0.1) is 18.5 Å². The number of aliphatic imine (C=N–C) groups is 2. The van der Waals surface area contributed by atoms with Crippen LogP contribution in [0.2, 0.25) is 0 Å². The molecule has 3 aromatic carbocycles. The fraction of sp³-hybridized carbons (Fsp3) is 0.0476. The van der Waals surface area contributed by atoms with Gasteiger partial charge in [0.2, 0.25) is 0 Å². The molecule has 0 aromatic heterocycles. The number of aromatic hydroxyl groups is 1. The van der Waals surface area contributed by atoms with Crippen LogP contribution < -0.4 is 4.74 Å². The molecule has 0 aliphatic rings. The SMILES string of the molecule is COc1cc(C=Nc2ccccc2)c(O)cc1C=Nc1ccccc1. The molecule has 0 atom stereocenters. The van der Waals surface area contributed by atoms with E-state index in [0.717, 1.165) is 11.4 Å². The Labute approximate surface area is 146 Å². The van der Waals surface area contributed by atoms with Crippen LogP contribution in [0.1, 0.15) is 11.1 Å². The van der Waals surface area contributed by atoms with Crippen LogP contribution in [0.15, 0.2) is 82.8 Å². The summed E-state index contributed by atoms with van der Waals surface area (Å²) in [5.74, 6) is 0.738. The van der Waals surface area contributed by atoms with Gasteiger partial charge < -0.3 is 9.84 Å². The average molecular weight is 330 g/mol. The van der Waals surface area contributed by atoms with Crippen molar-refractivity contribution >= 4 is 23.8 Å². The van der Waals surface area contributed by atoms with E-state index in [1.165, 1.54) is 0 Å². The Bertz CT molecular complexity index is 889. The highest BCUT2D eigenvalue weighted by Gasteiger charge is 2.07. The summed E-state index contributed by atoms with van der Waals surface area (Å²) in [6.07, 6.45) is 3.29. The number of rotatable bonds is 5. The Morgan fingerprint density at radius 2 is 1.28 bits per heavy atom. The summed E-state index contributed by atoms with van der Waals surface area (Å²) in [5.41, 5.74) is 2.92. The van der Waals surface area contributed by atoms with Crippen LogP contribution in [0.25, 0.3) is 0 Å². The van der Waals surface area contributed by atoms with E-state index < -0.39 is 0 Å². The number of phenolic OH excluding ortho intramolecular Hbond substituents is 1. The Kier molecular flexibility index (Phi) is 5.22. The number of nitrogens with zero attached hydrogens (tertiary/aromatic N) is 2. The molecule has 0 unspecified atom stereocenters. The van der Waals surface area contributed by atoms with Gasteiger partial charge in [-0.1, -0.05) is 36.4 Å². The third kappa shape index (κ3) is 4.32. The molecule has 0 aliphatic carbocycles. The lowest BCUT2D eigenvalue weighted by Crippen LogP contribution is -1.94. The highest BCUT2D eigenvalue weighted by Crippen LogP contribution is 2.27. The fourth-order valence-corrected chi connectivity index (χ4v) is 2.30. The summed E-state index contributed by atoms with van der Waals surface area (Å²) in [5, 5.41) is 10.3. The first-order valence-electron chi connectivity index (χ1n) is 7.85. The Balaban J connectivity index is 1.88. The highest BCUT2D eigenvalue weighted by atomic mass is 16.5. The van der Waals surface area contributed by atoms with Gasteiger partial charge in [0.25, 0.3) is 0 Å². The average Bonchev–Trinajstić information content (AvgIpc) is 2.67. The molecular weight excluding hydrogens is 312 g/mol. The molecule has 25 heavy (non-hydrogen) atoms. The smallest absolute Gasteiger partial charge is 0.128 e. The summed E-state index contributed by atoms with van der Waals surface area (Å²) in [4.78, 5) is 8.76. The van der Waals surface area contributed by atoms with Gasteiger partial charge in [-0.05, 0) is 36.4 Å². The molecule has 0 saturated carbocycles. The summed E-state index contributed by atoms with van der Waals surface area (Å²) < 4.78 is 5.42. The number of ether oxygens (including phenoxy) is 1. The van der Waals surface area contributed by atoms with Crippen molar-refractivity contribution in [3.8, 4) is 11.5 Å². The topological polar surface area (TPSA) is 54.2 Å². The van der Waals surface area contributed by atoms with Crippen LogP contribution in [0.4, 0.5) is 11.4 Å². The predicted octanol–water partition coefficient (Wildman–Crippen LogP) is 4.90. The lowest BCUT2D eigenvalue weighted by molar-refractivity contribution is 0.411. The summed E-state index contributed by atoms with van der Waals surface area (Å²) in [6.45, 7) is 0. The molecule has 1 N–H and O–H groups in total. The highest BCUT2D eigenvalue weighted by molar-refractivity contribution is 5.92. The molecule has 0 fully saturated rings. The second-order valence-electron chi connectivity index (χ2n) is 5.34. The summed E-state index contributed by atoms with van der Waals surface area (Å²) >= 11 is 0. The van der Waals surface area contributed by atoms with E-state index in [4.69, 9.17) is 4.74 Å². The minimum Gasteiger partial charge on any atom is -0.507 e. The van der Waals surface area contributed by atoms with E-state index in [-0.39, 0.29) is 5.75 Å². The van der Waals surface area contributed by atoms with Crippen molar-refractivity contribution in [2.75, 3.05) is 7.11 Å². The minimum atomic E-state index is 0.120. The second kappa shape index (κ2) is 7.93. The maximum absolute atomic E-state index is 10.3. The van der Waals surface area contributed by atoms with Gasteiger partial charge in [-0.25, -0.2) is 0 Å². The maximum atomic E-state index is 10.3. The number of methoxy groups -OCH3 is 1. The van der Waals surface area contributed by atoms with Gasteiger partial charge in [-0.2, -0.15) is 0 Å². The molecule has 0 radical (unpaired) electrons. The molecule has 0 heterocycles. The van der Waals surface area contributed by atoms with Crippen molar-refractivity contribution in [2.24, 2.45) is 9.98 Å². The molecule has 3 aromatic rings. The standard InChI is InChI=1S/C21H18N2O2/c1-25-21-13-16(14-22-18-8-4-2-5-9-18)20(24)12-17(21)15-23-19-10-6-3-7-11-19/h2-15,24H,1H3. The largest absolute Gasteiger partial charge is 0.507 e. The maximum Gasteiger partial charge on any atom is 0.128 e. The Morgan fingerprint density at radius 3 is 1.80 bits per heavy atom. The quantitative estimate of drug-likeness (QED) is 0.676. The first-order valence-corrected chi connectivity index (χ1v) is 7.85. The van der Waals surface area contributed by atoms with Crippen molar-refractivity contribution in [2.45, 2.75) is 0 Å². The zero-order valence-electron chi connectivity index (χ0n) is 13.8. The molecule has 4 heteroatoms. The van der Waals surface area contributed by atoms with Crippen molar-refractivity contribution in [3.05, 3.63) is 83.9 Å². The van der Waals surface area contributed by atoms with E-state index in [9.17, 15) is 5.11 Å². The van der Waals surface area contributed by atoms with Crippen LogP contribution >= 0.6 is 0 Å². The van der Waals surface area contributed by atoms with Crippen LogP contribution in [0.3, 0.4) is 0 Å². The van der Waals surface area contributed by atoms with Gasteiger partial charge in [-0.3, -0.25) is 9.98 Å². The van der Waals surface area contributed by atoms with E-state index in [2.05, 4.69) is 9.98 Å². The third-order valence-electron chi connectivity index (χ3n) is 3.60. The van der Waals surface area contributed by atoms with Gasteiger partial charge in [0.1, 0.15) is 11.5 Å². The molecule has 0 spiro atoms. The predicted molar refractivity (Wildman–Crippen MR) is 102 cm³/mol. The van der Waals surface area contributed by atoms with Crippen LogP contribution in [-0.4, -0.2) is 24.6 Å². The normalized spacial score (nSPS) is 11.2. The van der Waals surface area contributed by atoms with Crippen molar-refractivity contribution < 1.29 is 9.84 Å². The van der Waals surface area contributed by atoms with E-state index in [1.54, 1.807) is 31.7 Å². The third-order valence-corrected chi connectivity index (χ3v) is 3.60. The first-order chi connectivity index (χ1) is 12.3. The Morgan fingerprint density at radius 1 is 0.760 bits per heavy atom. The zero-order valence-corrected chi connectivity index (χ0v) is 13.8. The van der Waals surface area contributed by atoms with Gasteiger partial charge in [-0.15, -0.1) is 0 Å². The van der Waals surface area contributed by atoms with Crippen LogP contribution in [-0.2, 0) is 0 Å². The Hall–Kier alpha value is -3.40. The van der Waals surface area contributed by atoms with Crippen molar-refractivity contribution in [3.63, 3.8) is 0 Å². The monoisotopic (exact) mass is 330 g/mol.